The molecule has 0 rings (SSSR count). The van der Waals surface area contributed by atoms with Crippen LogP contribution in [-0.2, 0) is 9.59 Å². The van der Waals surface area contributed by atoms with Crippen molar-refractivity contribution in [2.75, 3.05) is 0 Å². The van der Waals surface area contributed by atoms with E-state index >= 15 is 0 Å². The molecule has 0 aliphatic rings. The minimum absolute atomic E-state index is 0.793. The van der Waals surface area contributed by atoms with Crippen LogP contribution in [0, 0.1) is 0 Å². The molecule has 0 aromatic carbocycles. The Morgan fingerprint density at radius 2 is 1.62 bits per heavy atom. The lowest BCUT2D eigenvalue weighted by atomic mass is 10.4. The number of nitrogens with one attached hydrogen (secondary N) is 1. The first kappa shape index (κ1) is 13.9. The van der Waals surface area contributed by atoms with Crippen molar-refractivity contribution in [3.05, 3.63) is 36.6 Å². The first-order valence-corrected chi connectivity index (χ1v) is 3.94. The maximum Gasteiger partial charge on any atom is 0.471 e. The van der Waals surface area contributed by atoms with E-state index in [4.69, 9.17) is 5.11 Å². The molecule has 0 spiro atoms. The molecule has 0 aliphatic carbocycles. The van der Waals surface area contributed by atoms with E-state index in [0.717, 1.165) is 18.4 Å². The fourth-order valence-electron chi connectivity index (χ4n) is 0.527. The number of amides is 1. The van der Waals surface area contributed by atoms with Gasteiger partial charge in [0.1, 0.15) is 0 Å². The molecule has 0 saturated carbocycles. The average molecular weight is 235 g/mol. The van der Waals surface area contributed by atoms with Gasteiger partial charge >= 0.3 is 18.1 Å². The smallest absolute Gasteiger partial charge is 0.471 e. The van der Waals surface area contributed by atoms with Gasteiger partial charge in [-0.2, -0.15) is 13.2 Å². The van der Waals surface area contributed by atoms with Crippen molar-refractivity contribution >= 4 is 11.9 Å². The lowest BCUT2D eigenvalue weighted by Crippen LogP contribution is -2.33. The van der Waals surface area contributed by atoms with Gasteiger partial charge < -0.3 is 10.4 Å². The highest BCUT2D eigenvalue weighted by Gasteiger charge is 2.37. The summed E-state index contributed by atoms with van der Waals surface area (Å²) in [4.78, 5) is 20.2. The Hall–Kier alpha value is -2.05. The van der Waals surface area contributed by atoms with Crippen LogP contribution in [0.3, 0.4) is 0 Å². The lowest BCUT2D eigenvalue weighted by Gasteiger charge is -2.02. The van der Waals surface area contributed by atoms with E-state index in [2.05, 4.69) is 0 Å². The zero-order valence-electron chi connectivity index (χ0n) is 7.86. The molecule has 0 saturated heterocycles. The van der Waals surface area contributed by atoms with Crippen molar-refractivity contribution in [3.63, 3.8) is 0 Å². The molecular formula is C9H8F3NO3. The van der Waals surface area contributed by atoms with Crippen molar-refractivity contribution in [2.45, 2.75) is 6.18 Å². The minimum atomic E-state index is -4.92. The maximum atomic E-state index is 11.6. The van der Waals surface area contributed by atoms with Crippen LogP contribution in [-0.4, -0.2) is 23.2 Å². The maximum absolute atomic E-state index is 11.6. The van der Waals surface area contributed by atoms with Gasteiger partial charge in [-0.25, -0.2) is 4.79 Å². The summed E-state index contributed by atoms with van der Waals surface area (Å²) < 4.78 is 34.9. The minimum Gasteiger partial charge on any atom is -0.478 e. The lowest BCUT2D eigenvalue weighted by molar-refractivity contribution is -0.172. The van der Waals surface area contributed by atoms with E-state index < -0.39 is 18.1 Å². The van der Waals surface area contributed by atoms with E-state index in [1.807, 2.05) is 0 Å². The second kappa shape index (κ2) is 6.44. The monoisotopic (exact) mass is 235 g/mol. The Morgan fingerprint density at radius 1 is 1.06 bits per heavy atom. The highest BCUT2D eigenvalue weighted by Crippen LogP contribution is 2.13. The number of hydrogen-bond donors (Lipinski definition) is 2. The molecule has 0 fully saturated rings. The zero-order chi connectivity index (χ0) is 12.6. The van der Waals surface area contributed by atoms with Crippen LogP contribution in [0.1, 0.15) is 0 Å². The van der Waals surface area contributed by atoms with Crippen molar-refractivity contribution in [3.8, 4) is 0 Å². The number of carbonyl (C=O) groups is 2. The van der Waals surface area contributed by atoms with Gasteiger partial charge in [0.05, 0.1) is 0 Å². The summed E-state index contributed by atoms with van der Waals surface area (Å²) in [6.45, 7) is 0. The highest BCUT2D eigenvalue weighted by molar-refractivity contribution is 5.82. The predicted molar refractivity (Wildman–Crippen MR) is 49.3 cm³/mol. The van der Waals surface area contributed by atoms with Crippen molar-refractivity contribution in [1.82, 2.24) is 5.32 Å². The number of halogens is 3. The van der Waals surface area contributed by atoms with E-state index in [1.54, 1.807) is 0 Å². The molecule has 88 valence electrons. The summed E-state index contributed by atoms with van der Waals surface area (Å²) in [5, 5.41) is 9.64. The van der Waals surface area contributed by atoms with Gasteiger partial charge in [-0.05, 0) is 6.08 Å². The van der Waals surface area contributed by atoms with Gasteiger partial charge in [-0.3, -0.25) is 4.79 Å². The number of carboxylic acids is 1. The molecule has 7 heteroatoms. The van der Waals surface area contributed by atoms with Gasteiger partial charge in [0.25, 0.3) is 0 Å². The van der Waals surface area contributed by atoms with Crippen molar-refractivity contribution < 1.29 is 27.9 Å². The zero-order valence-corrected chi connectivity index (χ0v) is 7.86. The number of carboxylic acid groups (broad SMARTS) is 1. The fraction of sp³-hybridized carbons (Fsp3) is 0.111. The van der Waals surface area contributed by atoms with Crippen LogP contribution in [0.15, 0.2) is 36.6 Å². The van der Waals surface area contributed by atoms with Crippen LogP contribution >= 0.6 is 0 Å². The van der Waals surface area contributed by atoms with Crippen LogP contribution in [0.2, 0.25) is 0 Å². The molecule has 1 amide bonds. The number of carbonyl (C=O) groups excluding carboxylic acids is 1. The van der Waals surface area contributed by atoms with Crippen LogP contribution < -0.4 is 5.32 Å². The Kier molecular flexibility index (Phi) is 5.61. The molecule has 4 nitrogen and oxygen atoms in total. The van der Waals surface area contributed by atoms with Gasteiger partial charge in [-0.1, -0.05) is 18.2 Å². The molecule has 0 atom stereocenters. The average Bonchev–Trinajstić information content (AvgIpc) is 2.14. The Labute approximate surface area is 88.8 Å². The Bertz CT molecular complexity index is 342. The number of hydrogen-bond acceptors (Lipinski definition) is 2. The molecule has 0 aliphatic heterocycles. The molecule has 0 unspecified atom stereocenters. The third-order valence-electron chi connectivity index (χ3n) is 1.14. The first-order chi connectivity index (χ1) is 7.34. The molecule has 2 N–H and O–H groups in total. The molecule has 16 heavy (non-hydrogen) atoms. The Balaban J connectivity index is 3.96. The van der Waals surface area contributed by atoms with Crippen LogP contribution in [0.25, 0.3) is 0 Å². The van der Waals surface area contributed by atoms with Crippen molar-refractivity contribution in [2.24, 2.45) is 0 Å². The van der Waals surface area contributed by atoms with Gasteiger partial charge in [-0.15, -0.1) is 0 Å². The summed E-state index contributed by atoms with van der Waals surface area (Å²) in [5.74, 6) is -3.21. The number of allylic oxidation sites excluding steroid dienone is 4. The normalized spacial score (nSPS) is 12.7. The van der Waals surface area contributed by atoms with Gasteiger partial charge in [0.2, 0.25) is 0 Å². The molecule has 0 heterocycles. The highest BCUT2D eigenvalue weighted by atomic mass is 19.4. The second-order valence-electron chi connectivity index (χ2n) is 2.41. The summed E-state index contributed by atoms with van der Waals surface area (Å²) in [6.07, 6.45) is 1.56. The quantitative estimate of drug-likeness (QED) is 0.571. The van der Waals surface area contributed by atoms with Gasteiger partial charge in [0.15, 0.2) is 0 Å². The van der Waals surface area contributed by atoms with E-state index in [0.29, 0.717) is 0 Å². The summed E-state index contributed by atoms with van der Waals surface area (Å²) in [6, 6.07) is 0. The number of alkyl halides is 3. The molecule has 0 bridgehead atoms. The Morgan fingerprint density at radius 3 is 2.12 bits per heavy atom. The third-order valence-corrected chi connectivity index (χ3v) is 1.14. The van der Waals surface area contributed by atoms with Crippen molar-refractivity contribution in [1.29, 1.82) is 0 Å². The van der Waals surface area contributed by atoms with Crippen LogP contribution in [0.4, 0.5) is 13.2 Å². The molecule has 0 radical (unpaired) electrons. The molecule has 0 aromatic heterocycles. The van der Waals surface area contributed by atoms with E-state index in [1.165, 1.54) is 23.5 Å². The fourth-order valence-corrected chi connectivity index (χ4v) is 0.527. The second-order valence-corrected chi connectivity index (χ2v) is 2.41. The standard InChI is InChI=1S/C9H8F3NO3/c10-9(11,12)8(16)13-6-4-2-1-3-5-7(14)15/h1-6H,(H,13,16)(H,14,15)/b2-1+,5-3?,6-4+. The summed E-state index contributed by atoms with van der Waals surface area (Å²) in [7, 11) is 0. The van der Waals surface area contributed by atoms with E-state index in [-0.39, 0.29) is 0 Å². The first-order valence-electron chi connectivity index (χ1n) is 3.94. The number of rotatable bonds is 4. The number of aliphatic carboxylic acids is 1. The SMILES string of the molecule is O=C(O)C=C/C=C/C=C/NC(=O)C(F)(F)F. The topological polar surface area (TPSA) is 66.4 Å². The summed E-state index contributed by atoms with van der Waals surface area (Å²) in [5.41, 5.74) is 0. The predicted octanol–water partition coefficient (Wildman–Crippen LogP) is 1.38. The molecular weight excluding hydrogens is 227 g/mol. The van der Waals surface area contributed by atoms with Gasteiger partial charge in [0, 0.05) is 12.3 Å². The summed E-state index contributed by atoms with van der Waals surface area (Å²) >= 11 is 0. The van der Waals surface area contributed by atoms with E-state index in [9.17, 15) is 22.8 Å². The molecule has 0 aromatic rings. The van der Waals surface area contributed by atoms with Crippen LogP contribution in [0.5, 0.6) is 0 Å². The largest absolute Gasteiger partial charge is 0.478 e. The third kappa shape index (κ3) is 7.36.